The summed E-state index contributed by atoms with van der Waals surface area (Å²) in [5.41, 5.74) is 7.07. The van der Waals surface area contributed by atoms with Crippen LogP contribution in [0.3, 0.4) is 0 Å². The van der Waals surface area contributed by atoms with Gasteiger partial charge in [-0.05, 0) is 31.9 Å². The van der Waals surface area contributed by atoms with Crippen LogP contribution in [-0.4, -0.2) is 35.2 Å². The zero-order chi connectivity index (χ0) is 12.3. The second kappa shape index (κ2) is 5.17. The molecule has 2 unspecified atom stereocenters. The topological polar surface area (TPSA) is 49.5 Å². The van der Waals surface area contributed by atoms with E-state index in [1.165, 1.54) is 5.56 Å². The Bertz CT molecular complexity index is 354. The minimum Gasteiger partial charge on any atom is -0.394 e. The van der Waals surface area contributed by atoms with Crippen LogP contribution in [0.5, 0.6) is 0 Å². The Morgan fingerprint density at radius 2 is 2.12 bits per heavy atom. The van der Waals surface area contributed by atoms with Crippen molar-refractivity contribution in [1.82, 2.24) is 4.90 Å². The third-order valence-corrected chi connectivity index (χ3v) is 3.78. The maximum Gasteiger partial charge on any atom is 0.0623 e. The van der Waals surface area contributed by atoms with Crippen LogP contribution in [0, 0.1) is 0 Å². The van der Waals surface area contributed by atoms with E-state index in [1.54, 1.807) is 0 Å². The van der Waals surface area contributed by atoms with Gasteiger partial charge in [-0.1, -0.05) is 30.3 Å². The zero-order valence-electron chi connectivity index (χ0n) is 10.5. The first-order valence-electron chi connectivity index (χ1n) is 6.33. The molecule has 0 radical (unpaired) electrons. The number of nitrogens with two attached hydrogens (primary N) is 1. The molecule has 3 heteroatoms. The van der Waals surface area contributed by atoms with E-state index < -0.39 is 5.54 Å². The molecule has 1 fully saturated rings. The second-order valence-corrected chi connectivity index (χ2v) is 5.18. The zero-order valence-corrected chi connectivity index (χ0v) is 10.5. The Morgan fingerprint density at radius 1 is 1.41 bits per heavy atom. The van der Waals surface area contributed by atoms with Crippen molar-refractivity contribution < 1.29 is 5.11 Å². The van der Waals surface area contributed by atoms with Crippen LogP contribution in [-0.2, 0) is 0 Å². The van der Waals surface area contributed by atoms with Gasteiger partial charge in [-0.25, -0.2) is 0 Å². The van der Waals surface area contributed by atoms with E-state index in [0.29, 0.717) is 6.04 Å². The van der Waals surface area contributed by atoms with Crippen molar-refractivity contribution in [2.24, 2.45) is 5.73 Å². The summed E-state index contributed by atoms with van der Waals surface area (Å²) < 4.78 is 0. The summed E-state index contributed by atoms with van der Waals surface area (Å²) in [6, 6.07) is 10.8. The van der Waals surface area contributed by atoms with Gasteiger partial charge in [-0.3, -0.25) is 4.90 Å². The van der Waals surface area contributed by atoms with E-state index >= 15 is 0 Å². The lowest BCUT2D eigenvalue weighted by Crippen LogP contribution is -2.56. The van der Waals surface area contributed by atoms with E-state index in [4.69, 9.17) is 5.73 Å². The summed E-state index contributed by atoms with van der Waals surface area (Å²) in [7, 11) is 0. The number of likely N-dealkylation sites (tertiary alicyclic amines) is 1. The van der Waals surface area contributed by atoms with E-state index in [0.717, 1.165) is 25.9 Å². The van der Waals surface area contributed by atoms with Gasteiger partial charge >= 0.3 is 0 Å². The Labute approximate surface area is 103 Å². The van der Waals surface area contributed by atoms with E-state index in [1.807, 2.05) is 6.07 Å². The van der Waals surface area contributed by atoms with Gasteiger partial charge in [0.25, 0.3) is 0 Å². The van der Waals surface area contributed by atoms with Gasteiger partial charge in [0.15, 0.2) is 0 Å². The molecule has 2 atom stereocenters. The lowest BCUT2D eigenvalue weighted by atomic mass is 9.89. The largest absolute Gasteiger partial charge is 0.394 e. The number of aliphatic hydroxyl groups excluding tert-OH is 1. The van der Waals surface area contributed by atoms with Crippen molar-refractivity contribution >= 4 is 0 Å². The molecule has 3 nitrogen and oxygen atoms in total. The molecule has 0 amide bonds. The van der Waals surface area contributed by atoms with Crippen LogP contribution in [0.1, 0.15) is 31.4 Å². The van der Waals surface area contributed by atoms with Crippen LogP contribution in [0.4, 0.5) is 0 Å². The molecule has 94 valence electrons. The van der Waals surface area contributed by atoms with E-state index in [9.17, 15) is 5.11 Å². The summed E-state index contributed by atoms with van der Waals surface area (Å²) >= 11 is 0. The van der Waals surface area contributed by atoms with Crippen molar-refractivity contribution in [3.8, 4) is 0 Å². The molecule has 0 aromatic heterocycles. The highest BCUT2D eigenvalue weighted by atomic mass is 16.3. The van der Waals surface area contributed by atoms with Crippen molar-refractivity contribution in [3.05, 3.63) is 35.9 Å². The van der Waals surface area contributed by atoms with Crippen LogP contribution >= 0.6 is 0 Å². The fraction of sp³-hybridized carbons (Fsp3) is 0.571. The average molecular weight is 234 g/mol. The van der Waals surface area contributed by atoms with Gasteiger partial charge < -0.3 is 10.8 Å². The Morgan fingerprint density at radius 3 is 2.76 bits per heavy atom. The number of hydrogen-bond donors (Lipinski definition) is 2. The molecule has 1 aliphatic rings. The number of piperidine rings is 1. The van der Waals surface area contributed by atoms with Gasteiger partial charge in [0.1, 0.15) is 0 Å². The van der Waals surface area contributed by atoms with Gasteiger partial charge in [0, 0.05) is 12.6 Å². The summed E-state index contributed by atoms with van der Waals surface area (Å²) in [4.78, 5) is 2.37. The normalized spacial score (nSPS) is 27.9. The fourth-order valence-electron chi connectivity index (χ4n) is 2.60. The van der Waals surface area contributed by atoms with Crippen molar-refractivity contribution in [2.45, 2.75) is 31.3 Å². The standard InChI is InChI=1S/C14H22N2O/c1-12(13-6-3-2-4-7-13)16-9-5-8-14(15,10-16)11-17/h2-4,6-7,12,17H,5,8-11,15H2,1H3. The molecule has 1 aromatic rings. The molecule has 2 rings (SSSR count). The molecule has 1 aromatic carbocycles. The fourth-order valence-corrected chi connectivity index (χ4v) is 2.60. The van der Waals surface area contributed by atoms with Crippen LogP contribution in [0.15, 0.2) is 30.3 Å². The lowest BCUT2D eigenvalue weighted by molar-refractivity contribution is 0.0713. The van der Waals surface area contributed by atoms with Crippen molar-refractivity contribution in [2.75, 3.05) is 19.7 Å². The molecule has 17 heavy (non-hydrogen) atoms. The van der Waals surface area contributed by atoms with Gasteiger partial charge in [0.2, 0.25) is 0 Å². The quantitative estimate of drug-likeness (QED) is 0.834. The molecular formula is C14H22N2O. The van der Waals surface area contributed by atoms with Crippen molar-refractivity contribution in [3.63, 3.8) is 0 Å². The highest BCUT2D eigenvalue weighted by Crippen LogP contribution is 2.27. The number of nitrogens with zero attached hydrogens (tertiary/aromatic N) is 1. The summed E-state index contributed by atoms with van der Waals surface area (Å²) in [5.74, 6) is 0. The first kappa shape index (κ1) is 12.6. The molecule has 0 saturated carbocycles. The Hall–Kier alpha value is -0.900. The molecule has 1 aliphatic heterocycles. The molecule has 0 spiro atoms. The first-order valence-corrected chi connectivity index (χ1v) is 6.33. The predicted octanol–water partition coefficient (Wildman–Crippen LogP) is 1.53. The average Bonchev–Trinajstić information content (AvgIpc) is 2.39. The van der Waals surface area contributed by atoms with E-state index in [-0.39, 0.29) is 6.61 Å². The third kappa shape index (κ3) is 2.86. The molecule has 1 saturated heterocycles. The number of rotatable bonds is 3. The SMILES string of the molecule is CC(c1ccccc1)N1CCCC(N)(CO)C1. The monoisotopic (exact) mass is 234 g/mol. The maximum atomic E-state index is 9.37. The van der Waals surface area contributed by atoms with Crippen molar-refractivity contribution in [1.29, 1.82) is 0 Å². The number of hydrogen-bond acceptors (Lipinski definition) is 3. The highest BCUT2D eigenvalue weighted by molar-refractivity contribution is 5.18. The summed E-state index contributed by atoms with van der Waals surface area (Å²) in [6.45, 7) is 4.12. The summed E-state index contributed by atoms with van der Waals surface area (Å²) in [6.07, 6.45) is 1.98. The maximum absolute atomic E-state index is 9.37. The molecular weight excluding hydrogens is 212 g/mol. The predicted molar refractivity (Wildman–Crippen MR) is 69.7 cm³/mol. The second-order valence-electron chi connectivity index (χ2n) is 5.18. The smallest absolute Gasteiger partial charge is 0.0623 e. The lowest BCUT2D eigenvalue weighted by Gasteiger charge is -2.42. The van der Waals surface area contributed by atoms with Crippen LogP contribution < -0.4 is 5.73 Å². The number of benzene rings is 1. The first-order chi connectivity index (χ1) is 8.14. The molecule has 1 heterocycles. The third-order valence-electron chi connectivity index (χ3n) is 3.78. The van der Waals surface area contributed by atoms with E-state index in [2.05, 4.69) is 36.1 Å². The Kier molecular flexibility index (Phi) is 3.82. The Balaban J connectivity index is 2.07. The molecule has 3 N–H and O–H groups in total. The van der Waals surface area contributed by atoms with Gasteiger partial charge in [0.05, 0.1) is 12.1 Å². The van der Waals surface area contributed by atoms with Gasteiger partial charge in [-0.15, -0.1) is 0 Å². The highest BCUT2D eigenvalue weighted by Gasteiger charge is 2.33. The minimum absolute atomic E-state index is 0.0744. The van der Waals surface area contributed by atoms with Gasteiger partial charge in [-0.2, -0.15) is 0 Å². The summed E-state index contributed by atoms with van der Waals surface area (Å²) in [5, 5.41) is 9.37. The molecule has 0 bridgehead atoms. The number of aliphatic hydroxyl groups is 1. The van der Waals surface area contributed by atoms with Crippen LogP contribution in [0.2, 0.25) is 0 Å². The van der Waals surface area contributed by atoms with Crippen LogP contribution in [0.25, 0.3) is 0 Å². The minimum atomic E-state index is -0.415. The molecule has 0 aliphatic carbocycles.